The average molecular weight is 314 g/mol. The molecule has 2 aromatic carbocycles. The molecular formula is C17H12F2N2O2. The van der Waals surface area contributed by atoms with Crippen molar-refractivity contribution in [3.05, 3.63) is 64.9 Å². The van der Waals surface area contributed by atoms with Crippen LogP contribution in [0.2, 0.25) is 0 Å². The molecule has 0 unspecified atom stereocenters. The third-order valence-corrected chi connectivity index (χ3v) is 3.38. The quantitative estimate of drug-likeness (QED) is 0.748. The Morgan fingerprint density at radius 3 is 2.78 bits per heavy atom. The van der Waals surface area contributed by atoms with Crippen LogP contribution >= 0.6 is 0 Å². The summed E-state index contributed by atoms with van der Waals surface area (Å²) in [6.07, 6.45) is 3.17. The highest BCUT2D eigenvalue weighted by molar-refractivity contribution is 5.98. The highest BCUT2D eigenvalue weighted by Gasteiger charge is 2.18. The first-order chi connectivity index (χ1) is 11.1. The molecule has 6 heteroatoms. The van der Waals surface area contributed by atoms with Gasteiger partial charge in [0.25, 0.3) is 0 Å². The molecule has 0 saturated carbocycles. The van der Waals surface area contributed by atoms with E-state index in [0.717, 1.165) is 0 Å². The van der Waals surface area contributed by atoms with E-state index < -0.39 is 11.8 Å². The third kappa shape index (κ3) is 2.83. The van der Waals surface area contributed by atoms with Gasteiger partial charge in [0.2, 0.25) is 0 Å². The Balaban J connectivity index is 2.06. The molecule has 3 rings (SSSR count). The molecule has 0 aliphatic rings. The highest BCUT2D eigenvalue weighted by atomic mass is 19.1. The van der Waals surface area contributed by atoms with Gasteiger partial charge < -0.3 is 4.74 Å². The molecule has 1 N–H and O–H groups in total. The number of nitrogens with zero attached hydrogens (tertiary/aromatic N) is 1. The van der Waals surface area contributed by atoms with Crippen molar-refractivity contribution < 1.29 is 18.3 Å². The van der Waals surface area contributed by atoms with Crippen LogP contribution in [0.1, 0.15) is 21.6 Å². The van der Waals surface area contributed by atoms with Crippen LogP contribution < -0.4 is 0 Å². The van der Waals surface area contributed by atoms with E-state index in [4.69, 9.17) is 0 Å². The van der Waals surface area contributed by atoms with Gasteiger partial charge in [-0.15, -0.1) is 0 Å². The number of carbonyl (C=O) groups is 1. The molecule has 0 amide bonds. The number of ether oxygens (including phenoxy) is 1. The number of rotatable bonds is 3. The predicted octanol–water partition coefficient (Wildman–Crippen LogP) is 3.80. The topological polar surface area (TPSA) is 55.0 Å². The standard InChI is InChI=1S/C17H12F2N2O2/c1-23-17(22)12-6-8-14-15(16(12)19)13(20-21-14)7-5-10-3-2-4-11(18)9-10/h2-9H,1H3,(H,20,21)/b7-5+. The number of esters is 1. The van der Waals surface area contributed by atoms with E-state index in [0.29, 0.717) is 16.8 Å². The molecule has 23 heavy (non-hydrogen) atoms. The number of nitrogens with one attached hydrogen (secondary N) is 1. The number of halogens is 2. The van der Waals surface area contributed by atoms with Crippen molar-refractivity contribution in [2.75, 3.05) is 7.11 Å². The zero-order valence-electron chi connectivity index (χ0n) is 12.1. The number of fused-ring (bicyclic) bond motifs is 1. The predicted molar refractivity (Wildman–Crippen MR) is 82.7 cm³/mol. The lowest BCUT2D eigenvalue weighted by Gasteiger charge is -2.02. The summed E-state index contributed by atoms with van der Waals surface area (Å²) >= 11 is 0. The molecule has 0 fully saturated rings. The molecule has 0 aliphatic carbocycles. The Kier molecular flexibility index (Phi) is 3.89. The number of benzene rings is 2. The van der Waals surface area contributed by atoms with E-state index in [2.05, 4.69) is 14.9 Å². The van der Waals surface area contributed by atoms with Crippen molar-refractivity contribution in [3.63, 3.8) is 0 Å². The van der Waals surface area contributed by atoms with Gasteiger partial charge in [-0.25, -0.2) is 13.6 Å². The fourth-order valence-corrected chi connectivity index (χ4v) is 2.27. The molecule has 0 aliphatic heterocycles. The van der Waals surface area contributed by atoms with Gasteiger partial charge in [0.05, 0.1) is 29.3 Å². The van der Waals surface area contributed by atoms with Crippen LogP contribution in [0.25, 0.3) is 23.1 Å². The van der Waals surface area contributed by atoms with E-state index >= 15 is 0 Å². The van der Waals surface area contributed by atoms with Gasteiger partial charge in [-0.3, -0.25) is 5.10 Å². The van der Waals surface area contributed by atoms with E-state index in [1.807, 2.05) is 0 Å². The Morgan fingerprint density at radius 1 is 1.22 bits per heavy atom. The number of methoxy groups -OCH3 is 1. The van der Waals surface area contributed by atoms with E-state index in [-0.39, 0.29) is 16.8 Å². The summed E-state index contributed by atoms with van der Waals surface area (Å²) in [4.78, 5) is 11.6. The fourth-order valence-electron chi connectivity index (χ4n) is 2.27. The Hall–Kier alpha value is -3.02. The van der Waals surface area contributed by atoms with Crippen LogP contribution in [0.3, 0.4) is 0 Å². The summed E-state index contributed by atoms with van der Waals surface area (Å²) in [5, 5.41) is 6.90. The smallest absolute Gasteiger partial charge is 0.340 e. The van der Waals surface area contributed by atoms with Crippen LogP contribution in [0.5, 0.6) is 0 Å². The fraction of sp³-hybridized carbons (Fsp3) is 0.0588. The average Bonchev–Trinajstić information content (AvgIpc) is 2.97. The molecule has 0 spiro atoms. The molecule has 116 valence electrons. The van der Waals surface area contributed by atoms with Gasteiger partial charge in [0, 0.05) is 0 Å². The molecule has 0 radical (unpaired) electrons. The van der Waals surface area contributed by atoms with Crippen molar-refractivity contribution >= 4 is 29.0 Å². The third-order valence-electron chi connectivity index (χ3n) is 3.38. The summed E-state index contributed by atoms with van der Waals surface area (Å²) < 4.78 is 32.3. The summed E-state index contributed by atoms with van der Waals surface area (Å²) in [6, 6.07) is 8.86. The SMILES string of the molecule is COC(=O)c1ccc2[nH]nc(/C=C/c3cccc(F)c3)c2c1F. The van der Waals surface area contributed by atoms with Gasteiger partial charge in [0.15, 0.2) is 0 Å². The van der Waals surface area contributed by atoms with E-state index in [1.165, 1.54) is 25.3 Å². The summed E-state index contributed by atoms with van der Waals surface area (Å²) in [5.41, 5.74) is 1.22. The molecule has 3 aromatic rings. The van der Waals surface area contributed by atoms with Crippen molar-refractivity contribution in [1.82, 2.24) is 10.2 Å². The van der Waals surface area contributed by atoms with Gasteiger partial charge in [0.1, 0.15) is 11.6 Å². The first-order valence-electron chi connectivity index (χ1n) is 6.78. The van der Waals surface area contributed by atoms with Crippen molar-refractivity contribution in [2.45, 2.75) is 0 Å². The maximum atomic E-state index is 14.5. The van der Waals surface area contributed by atoms with E-state index in [9.17, 15) is 13.6 Å². The molecule has 0 atom stereocenters. The Morgan fingerprint density at radius 2 is 2.04 bits per heavy atom. The zero-order valence-corrected chi connectivity index (χ0v) is 12.1. The van der Waals surface area contributed by atoms with Crippen LogP contribution in [0.4, 0.5) is 8.78 Å². The highest BCUT2D eigenvalue weighted by Crippen LogP contribution is 2.24. The van der Waals surface area contributed by atoms with Gasteiger partial charge in [-0.05, 0) is 35.9 Å². The van der Waals surface area contributed by atoms with Crippen molar-refractivity contribution in [2.24, 2.45) is 0 Å². The second-order valence-electron chi connectivity index (χ2n) is 4.84. The summed E-state index contributed by atoms with van der Waals surface area (Å²) in [6.45, 7) is 0. The lowest BCUT2D eigenvalue weighted by molar-refractivity contribution is 0.0596. The monoisotopic (exact) mass is 314 g/mol. The summed E-state index contributed by atoms with van der Waals surface area (Å²) in [7, 11) is 1.19. The normalized spacial score (nSPS) is 11.3. The minimum atomic E-state index is -0.759. The molecule has 0 saturated heterocycles. The number of hydrogen-bond acceptors (Lipinski definition) is 3. The lowest BCUT2D eigenvalue weighted by Crippen LogP contribution is -2.04. The molecular weight excluding hydrogens is 302 g/mol. The van der Waals surface area contributed by atoms with E-state index in [1.54, 1.807) is 30.4 Å². The zero-order chi connectivity index (χ0) is 16.4. The lowest BCUT2D eigenvalue weighted by atomic mass is 10.1. The summed E-state index contributed by atoms with van der Waals surface area (Å²) in [5.74, 6) is -1.83. The number of aromatic amines is 1. The number of hydrogen-bond donors (Lipinski definition) is 1. The van der Waals surface area contributed by atoms with Gasteiger partial charge >= 0.3 is 5.97 Å². The number of aromatic nitrogens is 2. The van der Waals surface area contributed by atoms with Crippen molar-refractivity contribution in [3.8, 4) is 0 Å². The molecule has 4 nitrogen and oxygen atoms in total. The van der Waals surface area contributed by atoms with Gasteiger partial charge in [-0.1, -0.05) is 18.2 Å². The first kappa shape index (κ1) is 14.9. The molecule has 0 bridgehead atoms. The molecule has 1 aromatic heterocycles. The Labute approximate surface area is 130 Å². The number of carbonyl (C=O) groups excluding carboxylic acids is 1. The van der Waals surface area contributed by atoms with Crippen LogP contribution in [-0.4, -0.2) is 23.3 Å². The largest absolute Gasteiger partial charge is 0.465 e. The maximum Gasteiger partial charge on any atom is 0.340 e. The number of H-pyrrole nitrogens is 1. The second kappa shape index (κ2) is 6.00. The minimum absolute atomic E-state index is 0.165. The first-order valence-corrected chi connectivity index (χ1v) is 6.78. The minimum Gasteiger partial charge on any atom is -0.465 e. The second-order valence-corrected chi connectivity index (χ2v) is 4.84. The maximum absolute atomic E-state index is 14.5. The molecule has 1 heterocycles. The van der Waals surface area contributed by atoms with Gasteiger partial charge in [-0.2, -0.15) is 5.10 Å². The van der Waals surface area contributed by atoms with Crippen molar-refractivity contribution in [1.29, 1.82) is 0 Å². The Bertz CT molecular complexity index is 916. The van der Waals surface area contributed by atoms with Crippen LogP contribution in [0.15, 0.2) is 36.4 Å². The van der Waals surface area contributed by atoms with Crippen LogP contribution in [0, 0.1) is 11.6 Å². The van der Waals surface area contributed by atoms with Crippen LogP contribution in [-0.2, 0) is 4.74 Å².